The van der Waals surface area contributed by atoms with Crippen LogP contribution in [0.2, 0.25) is 0 Å². The van der Waals surface area contributed by atoms with Crippen LogP contribution in [0.5, 0.6) is 0 Å². The van der Waals surface area contributed by atoms with E-state index in [2.05, 4.69) is 28.2 Å². The van der Waals surface area contributed by atoms with Crippen LogP contribution in [0.25, 0.3) is 0 Å². The van der Waals surface area contributed by atoms with Gasteiger partial charge in [-0.3, -0.25) is 5.32 Å². The van der Waals surface area contributed by atoms with E-state index >= 15 is 0 Å². The lowest BCUT2D eigenvalue weighted by Crippen LogP contribution is -3.00. The SMILES string of the molecule is [Br-].c1cc[n+]2c(c1)NCC2. The molecular weight excluding hydrogens is 192 g/mol. The zero-order valence-electron chi connectivity index (χ0n) is 5.55. The van der Waals surface area contributed by atoms with Gasteiger partial charge < -0.3 is 17.0 Å². The molecule has 2 rings (SSSR count). The van der Waals surface area contributed by atoms with E-state index in [1.54, 1.807) is 0 Å². The van der Waals surface area contributed by atoms with E-state index in [4.69, 9.17) is 0 Å². The Labute approximate surface area is 70.6 Å². The minimum Gasteiger partial charge on any atom is -1.00 e. The fourth-order valence-electron chi connectivity index (χ4n) is 1.14. The van der Waals surface area contributed by atoms with Gasteiger partial charge in [-0.05, 0) is 6.07 Å². The number of halogens is 1. The molecule has 0 amide bonds. The highest BCUT2D eigenvalue weighted by atomic mass is 79.9. The lowest BCUT2D eigenvalue weighted by atomic mass is 10.5. The summed E-state index contributed by atoms with van der Waals surface area (Å²) in [6.45, 7) is 2.18. The second-order valence-corrected chi connectivity index (χ2v) is 2.21. The molecule has 0 atom stereocenters. The summed E-state index contributed by atoms with van der Waals surface area (Å²) in [5.74, 6) is 1.23. The number of aromatic nitrogens is 1. The van der Waals surface area contributed by atoms with E-state index in [1.165, 1.54) is 5.82 Å². The molecule has 0 unspecified atom stereocenters. The minimum atomic E-state index is 0. The summed E-state index contributed by atoms with van der Waals surface area (Å²) in [5.41, 5.74) is 0. The molecule has 0 saturated heterocycles. The van der Waals surface area contributed by atoms with Crippen molar-refractivity contribution in [1.82, 2.24) is 0 Å². The summed E-state index contributed by atoms with van der Waals surface area (Å²) in [5, 5.41) is 3.26. The lowest BCUT2D eigenvalue weighted by molar-refractivity contribution is -0.670. The van der Waals surface area contributed by atoms with Crippen LogP contribution < -0.4 is 26.9 Å². The Balaban J connectivity index is 0.000000500. The molecule has 10 heavy (non-hydrogen) atoms. The predicted molar refractivity (Wildman–Crippen MR) is 35.1 cm³/mol. The molecule has 1 aromatic rings. The molecule has 3 heteroatoms. The van der Waals surface area contributed by atoms with Crippen molar-refractivity contribution in [3.8, 4) is 0 Å². The summed E-state index contributed by atoms with van der Waals surface area (Å²) in [4.78, 5) is 0. The molecule has 0 bridgehead atoms. The Morgan fingerprint density at radius 2 is 2.30 bits per heavy atom. The molecule has 0 aromatic carbocycles. The third-order valence-corrected chi connectivity index (χ3v) is 1.60. The number of nitrogens with zero attached hydrogens (tertiary/aromatic N) is 1. The van der Waals surface area contributed by atoms with Crippen LogP contribution in [-0.4, -0.2) is 6.54 Å². The standard InChI is InChI=1S/C7H8N2.BrH/c1-2-5-9-6-4-8-7(9)3-1;/h1-3,5H,4,6H2;1H. The van der Waals surface area contributed by atoms with Gasteiger partial charge in [0.15, 0.2) is 0 Å². The van der Waals surface area contributed by atoms with E-state index in [1.807, 2.05) is 6.07 Å². The highest BCUT2D eigenvalue weighted by Gasteiger charge is 2.13. The summed E-state index contributed by atoms with van der Waals surface area (Å²) < 4.78 is 2.21. The number of anilines is 1. The number of rotatable bonds is 0. The maximum Gasteiger partial charge on any atom is 0.274 e. The van der Waals surface area contributed by atoms with Crippen molar-refractivity contribution in [2.24, 2.45) is 0 Å². The minimum absolute atomic E-state index is 0. The molecule has 0 saturated carbocycles. The molecule has 0 aliphatic carbocycles. The Morgan fingerprint density at radius 3 is 3.10 bits per heavy atom. The fraction of sp³-hybridized carbons (Fsp3) is 0.286. The van der Waals surface area contributed by atoms with Gasteiger partial charge in [0.25, 0.3) is 5.82 Å². The molecule has 1 aromatic heterocycles. The first-order valence-corrected chi connectivity index (χ1v) is 3.19. The van der Waals surface area contributed by atoms with Gasteiger partial charge in [0.05, 0.1) is 6.20 Å². The first kappa shape index (κ1) is 7.54. The maximum atomic E-state index is 3.26. The van der Waals surface area contributed by atoms with Crippen molar-refractivity contribution in [3.63, 3.8) is 0 Å². The van der Waals surface area contributed by atoms with Gasteiger partial charge in [-0.1, -0.05) is 6.07 Å². The number of fused-ring (bicyclic) bond motifs is 1. The topological polar surface area (TPSA) is 15.9 Å². The molecule has 1 aliphatic heterocycles. The number of nitrogens with one attached hydrogen (secondary N) is 1. The summed E-state index contributed by atoms with van der Waals surface area (Å²) in [7, 11) is 0. The summed E-state index contributed by atoms with van der Waals surface area (Å²) in [6, 6.07) is 6.19. The van der Waals surface area contributed by atoms with Crippen LogP contribution in [0, 0.1) is 0 Å². The van der Waals surface area contributed by atoms with Crippen molar-refractivity contribution in [2.75, 3.05) is 11.9 Å². The quantitative estimate of drug-likeness (QED) is 0.455. The third-order valence-electron chi connectivity index (χ3n) is 1.60. The predicted octanol–water partition coefficient (Wildman–Crippen LogP) is -2.60. The van der Waals surface area contributed by atoms with Crippen molar-refractivity contribution in [2.45, 2.75) is 6.54 Å². The average Bonchev–Trinajstić information content (AvgIpc) is 2.33. The molecule has 2 nitrogen and oxygen atoms in total. The molecule has 0 radical (unpaired) electrons. The Morgan fingerprint density at radius 1 is 1.40 bits per heavy atom. The third kappa shape index (κ3) is 1.14. The Kier molecular flexibility index (Phi) is 2.27. The van der Waals surface area contributed by atoms with E-state index in [0.717, 1.165) is 13.1 Å². The second kappa shape index (κ2) is 3.01. The van der Waals surface area contributed by atoms with Crippen LogP contribution in [0.15, 0.2) is 24.4 Å². The normalized spacial score (nSPS) is 13.2. The van der Waals surface area contributed by atoms with E-state index in [-0.39, 0.29) is 17.0 Å². The van der Waals surface area contributed by atoms with Crippen molar-refractivity contribution < 1.29 is 21.5 Å². The van der Waals surface area contributed by atoms with E-state index < -0.39 is 0 Å². The molecule has 54 valence electrons. The Bertz CT molecular complexity index is 202. The van der Waals surface area contributed by atoms with Gasteiger partial charge >= 0.3 is 0 Å². The molecular formula is C7H9BrN2. The van der Waals surface area contributed by atoms with Crippen molar-refractivity contribution in [3.05, 3.63) is 24.4 Å². The zero-order valence-corrected chi connectivity index (χ0v) is 7.13. The second-order valence-electron chi connectivity index (χ2n) is 2.21. The molecule has 1 aliphatic rings. The van der Waals surface area contributed by atoms with Crippen LogP contribution >= 0.6 is 0 Å². The van der Waals surface area contributed by atoms with Gasteiger partial charge in [0, 0.05) is 6.07 Å². The fourth-order valence-corrected chi connectivity index (χ4v) is 1.14. The monoisotopic (exact) mass is 200 g/mol. The average molecular weight is 201 g/mol. The smallest absolute Gasteiger partial charge is 0.274 e. The highest BCUT2D eigenvalue weighted by molar-refractivity contribution is 5.28. The number of hydrogen-bond donors (Lipinski definition) is 1. The van der Waals surface area contributed by atoms with Gasteiger partial charge in [-0.25, -0.2) is 4.57 Å². The molecule has 1 N–H and O–H groups in total. The van der Waals surface area contributed by atoms with E-state index in [0.29, 0.717) is 0 Å². The maximum absolute atomic E-state index is 3.26. The molecule has 2 heterocycles. The van der Waals surface area contributed by atoms with Gasteiger partial charge in [0.2, 0.25) is 0 Å². The van der Waals surface area contributed by atoms with Gasteiger partial charge in [-0.15, -0.1) is 0 Å². The largest absolute Gasteiger partial charge is 1.00 e. The van der Waals surface area contributed by atoms with Crippen molar-refractivity contribution in [1.29, 1.82) is 0 Å². The van der Waals surface area contributed by atoms with Gasteiger partial charge in [0.1, 0.15) is 13.1 Å². The van der Waals surface area contributed by atoms with Crippen LogP contribution in [-0.2, 0) is 6.54 Å². The molecule has 0 fully saturated rings. The summed E-state index contributed by atoms with van der Waals surface area (Å²) >= 11 is 0. The van der Waals surface area contributed by atoms with Crippen LogP contribution in [0.4, 0.5) is 5.82 Å². The first-order valence-electron chi connectivity index (χ1n) is 3.19. The van der Waals surface area contributed by atoms with Crippen LogP contribution in [0.3, 0.4) is 0 Å². The van der Waals surface area contributed by atoms with Crippen molar-refractivity contribution >= 4 is 5.82 Å². The summed E-state index contributed by atoms with van der Waals surface area (Å²) in [6.07, 6.45) is 2.09. The lowest BCUT2D eigenvalue weighted by Gasteiger charge is -1.88. The Hall–Kier alpha value is -0.570. The zero-order chi connectivity index (χ0) is 6.10. The number of hydrogen-bond acceptors (Lipinski definition) is 1. The van der Waals surface area contributed by atoms with Crippen LogP contribution in [0.1, 0.15) is 0 Å². The van der Waals surface area contributed by atoms with E-state index in [9.17, 15) is 0 Å². The molecule has 0 spiro atoms. The highest BCUT2D eigenvalue weighted by Crippen LogP contribution is 2.01. The number of pyridine rings is 1. The first-order chi connectivity index (χ1) is 4.47. The van der Waals surface area contributed by atoms with Gasteiger partial charge in [-0.2, -0.15) is 0 Å².